The third-order valence-corrected chi connectivity index (χ3v) is 15.5. The van der Waals surface area contributed by atoms with Gasteiger partial charge in [-0.25, -0.2) is 24.3 Å². The molecule has 16 nitrogen and oxygen atoms in total. The van der Waals surface area contributed by atoms with E-state index in [-0.39, 0.29) is 85.3 Å². The molecule has 354 valence electrons. The summed E-state index contributed by atoms with van der Waals surface area (Å²) in [6, 6.07) is 31.6. The Hall–Kier alpha value is -9.52. The molecule has 2 aliphatic rings. The Balaban J connectivity index is 0.00000543. The van der Waals surface area contributed by atoms with Crippen LogP contribution in [0, 0.1) is 6.92 Å². The summed E-state index contributed by atoms with van der Waals surface area (Å²) in [5, 5.41) is 23.3. The lowest BCUT2D eigenvalue weighted by molar-refractivity contribution is 0.0910. The predicted octanol–water partition coefficient (Wildman–Crippen LogP) is 8.62. The van der Waals surface area contributed by atoms with Crippen LogP contribution in [0.5, 0.6) is 11.5 Å². The summed E-state index contributed by atoms with van der Waals surface area (Å²) in [4.78, 5) is 119. The van der Waals surface area contributed by atoms with Gasteiger partial charge >= 0.3 is 0 Å². The minimum absolute atomic E-state index is 0. The number of phenolic OH excluding ortho intramolecular Hbond substituents is 2. The van der Waals surface area contributed by atoms with E-state index in [1.807, 2.05) is 25.1 Å². The molecule has 2 N–H and O–H groups in total. The molecule has 11 aromatic rings. The smallest absolute Gasteiger partial charge is 0.266 e. The molecule has 0 saturated heterocycles. The molecule has 0 radical (unpaired) electrons. The van der Waals surface area contributed by atoms with Crippen LogP contribution in [0.4, 0.5) is 11.4 Å². The topological polar surface area (TPSA) is 219 Å². The zero-order valence-electron chi connectivity index (χ0n) is 37.2. The highest BCUT2D eigenvalue weighted by molar-refractivity contribution is 7.22. The molecule has 13 rings (SSSR count). The highest BCUT2D eigenvalue weighted by Gasteiger charge is 2.39. The third kappa shape index (κ3) is 6.43. The first-order valence-electron chi connectivity index (χ1n) is 22.0. The van der Waals surface area contributed by atoms with Crippen LogP contribution in [-0.4, -0.2) is 52.9 Å². The number of benzene rings is 7. The Labute approximate surface area is 417 Å². The molecule has 18 heteroatoms. The van der Waals surface area contributed by atoms with Gasteiger partial charge in [0.1, 0.15) is 21.5 Å². The number of carbonyl (C=O) groups excluding carboxylic acids is 4. The number of carbonyl (C=O) groups is 4. The van der Waals surface area contributed by atoms with Crippen LogP contribution in [0.1, 0.15) is 54.4 Å². The molecule has 0 unspecified atom stereocenters. The highest BCUT2D eigenvalue weighted by Crippen LogP contribution is 2.42. The Morgan fingerprint density at radius 1 is 0.425 bits per heavy atom. The Kier molecular flexibility index (Phi) is 9.63. The van der Waals surface area contributed by atoms with Crippen LogP contribution in [-0.2, 0) is 7.05 Å². The second-order valence-corrected chi connectivity index (χ2v) is 19.6. The normalized spacial score (nSPS) is 13.3. The van der Waals surface area contributed by atoms with Gasteiger partial charge in [0, 0.05) is 19.2 Å². The molecule has 4 amide bonds. The number of nitrogens with zero attached hydrogens (tertiary/aromatic N) is 6. The lowest BCUT2D eigenvalue weighted by atomic mass is 9.97. The van der Waals surface area contributed by atoms with Crippen molar-refractivity contribution in [1.29, 1.82) is 0 Å². The molecule has 0 bridgehead atoms. The quantitative estimate of drug-likeness (QED) is 0.150. The summed E-state index contributed by atoms with van der Waals surface area (Å²) in [6.07, 6.45) is 0. The number of amides is 4. The van der Waals surface area contributed by atoms with E-state index >= 15 is 0 Å². The van der Waals surface area contributed by atoms with Crippen molar-refractivity contribution < 1.29 is 29.4 Å². The van der Waals surface area contributed by atoms with Crippen molar-refractivity contribution in [2.45, 2.75) is 14.4 Å². The molecule has 4 aromatic heterocycles. The number of aromatic nitrogens is 4. The molecule has 0 aliphatic carbocycles. The second-order valence-electron chi connectivity index (χ2n) is 17.5. The molecule has 6 heterocycles. The van der Waals surface area contributed by atoms with Crippen molar-refractivity contribution in [2.75, 3.05) is 9.80 Å². The van der Waals surface area contributed by atoms with Gasteiger partial charge in [0.2, 0.25) is 0 Å². The van der Waals surface area contributed by atoms with Crippen LogP contribution >= 0.6 is 22.7 Å². The summed E-state index contributed by atoms with van der Waals surface area (Å²) < 4.78 is 3.39. The van der Waals surface area contributed by atoms with Crippen LogP contribution in [0.2, 0.25) is 0 Å². The van der Waals surface area contributed by atoms with E-state index in [2.05, 4.69) is 4.98 Å². The van der Waals surface area contributed by atoms with Gasteiger partial charge < -0.3 is 10.2 Å². The number of phenols is 2. The van der Waals surface area contributed by atoms with Gasteiger partial charge in [0.15, 0.2) is 0 Å². The Bertz CT molecular complexity index is 4530. The number of hydrogen-bond donors (Lipinski definition) is 2. The van der Waals surface area contributed by atoms with Gasteiger partial charge in [-0.3, -0.25) is 42.9 Å². The van der Waals surface area contributed by atoms with E-state index < -0.39 is 45.9 Å². The fourth-order valence-electron chi connectivity index (χ4n) is 9.64. The Morgan fingerprint density at radius 3 is 1.36 bits per heavy atom. The first-order valence-corrected chi connectivity index (χ1v) is 23.7. The average molecular weight is 1000 g/mol. The molecule has 0 saturated carbocycles. The van der Waals surface area contributed by atoms with Gasteiger partial charge in [0.05, 0.1) is 92.4 Å². The number of thiazole rings is 2. The minimum Gasteiger partial charge on any atom is -0.507 e. The number of rotatable bonds is 6. The van der Waals surface area contributed by atoms with E-state index in [1.54, 1.807) is 54.6 Å². The van der Waals surface area contributed by atoms with Gasteiger partial charge in [-0.1, -0.05) is 25.6 Å². The maximum absolute atomic E-state index is 14.1. The van der Waals surface area contributed by atoms with E-state index in [1.165, 1.54) is 78.3 Å². The molecular formula is C55H32N6O10S2. The maximum Gasteiger partial charge on any atom is 0.266 e. The molecular weight excluding hydrogens is 969 g/mol. The van der Waals surface area contributed by atoms with E-state index in [4.69, 9.17) is 4.98 Å². The number of fused-ring (bicyclic) bond motifs is 6. The van der Waals surface area contributed by atoms with Crippen LogP contribution < -0.4 is 32.0 Å². The zero-order chi connectivity index (χ0) is 49.8. The molecule has 2 aliphatic heterocycles. The number of anilines is 2. The molecule has 0 spiro atoms. The lowest BCUT2D eigenvalue weighted by Crippen LogP contribution is -2.29. The summed E-state index contributed by atoms with van der Waals surface area (Å²) in [7, 11) is 1.32. The summed E-state index contributed by atoms with van der Waals surface area (Å²) in [6.45, 7) is 1.97. The summed E-state index contributed by atoms with van der Waals surface area (Å²) >= 11 is 2.64. The van der Waals surface area contributed by atoms with Crippen molar-refractivity contribution in [2.24, 2.45) is 7.05 Å². The number of hydrogen-bond acceptors (Lipinski definition) is 14. The summed E-state index contributed by atoms with van der Waals surface area (Å²) in [5.74, 6) is -2.75. The number of aryl methyl sites for hydroxylation is 1. The monoisotopic (exact) mass is 1000 g/mol. The SMILES string of the molecule is C.Cc1ccc2sc(-c3ccc(N4C(=O)c5ccc(-c6ccc7c(c6)C(=O)N(c6ccc8sc(-c9ccc(-n%10c(=O)c%11cc%12c(=O)n(C)c(=O)c%12cc%11c%10=O)cc9O)nc8c6)C7=O)cc5C4=O)cc3O)nc2c1. The van der Waals surface area contributed by atoms with Gasteiger partial charge in [0.25, 0.3) is 45.9 Å². The van der Waals surface area contributed by atoms with Gasteiger partial charge in [-0.15, -0.1) is 22.7 Å². The van der Waals surface area contributed by atoms with Crippen molar-refractivity contribution >= 4 is 99.7 Å². The van der Waals surface area contributed by atoms with Crippen molar-refractivity contribution in [1.82, 2.24) is 19.1 Å². The van der Waals surface area contributed by atoms with Crippen LogP contribution in [0.15, 0.2) is 141 Å². The molecule has 0 atom stereocenters. The van der Waals surface area contributed by atoms with E-state index in [9.17, 15) is 48.6 Å². The maximum atomic E-state index is 14.1. The van der Waals surface area contributed by atoms with Gasteiger partial charge in [-0.05, 0) is 115 Å². The first-order chi connectivity index (χ1) is 34.6. The van der Waals surface area contributed by atoms with Crippen LogP contribution in [0.25, 0.3) is 79.9 Å². The predicted molar refractivity (Wildman–Crippen MR) is 280 cm³/mol. The number of imide groups is 2. The highest BCUT2D eigenvalue weighted by atomic mass is 32.1. The fraction of sp³-hybridized carbons (Fsp3) is 0.0545. The van der Waals surface area contributed by atoms with E-state index in [0.717, 1.165) is 34.7 Å². The first kappa shape index (κ1) is 44.7. The largest absolute Gasteiger partial charge is 0.507 e. The average Bonchev–Trinajstić information content (AvgIpc) is 4.19. The van der Waals surface area contributed by atoms with Crippen LogP contribution in [0.3, 0.4) is 0 Å². The third-order valence-electron chi connectivity index (χ3n) is 13.3. The molecule has 0 fully saturated rings. The number of aromatic hydroxyl groups is 2. The standard InChI is InChI=1S/C54H28N6O10S2.CH4/c1-23-3-13-43-39(15-23)55-45(71-43)31-11-6-27(19-41(31)61)59-50(66)30-10-5-25(17-34(30)52(59)68)24-4-9-29-33(16-24)51(67)58(49(29)65)26-8-14-44-40(18-26)56-46(72-44)32-12-7-28(20-42(32)62)60-53(69)37-21-35-36(22-38(37)54(60)70)48(64)57(2)47(35)63;/h3-22,61-62H,1-2H3;1H4. The van der Waals surface area contributed by atoms with Crippen molar-refractivity contribution in [3.05, 3.63) is 191 Å². The fourth-order valence-corrected chi connectivity index (χ4v) is 11.6. The summed E-state index contributed by atoms with van der Waals surface area (Å²) in [5.41, 5.74) is 2.50. The molecule has 7 aromatic carbocycles. The van der Waals surface area contributed by atoms with Gasteiger partial charge in [-0.2, -0.15) is 0 Å². The second kappa shape index (κ2) is 15.7. The Morgan fingerprint density at radius 2 is 0.836 bits per heavy atom. The van der Waals surface area contributed by atoms with Crippen molar-refractivity contribution in [3.8, 4) is 49.5 Å². The minimum atomic E-state index is -0.723. The lowest BCUT2D eigenvalue weighted by Gasteiger charge is -2.15. The zero-order valence-corrected chi connectivity index (χ0v) is 38.8. The van der Waals surface area contributed by atoms with E-state index in [0.29, 0.717) is 36.9 Å². The van der Waals surface area contributed by atoms with Crippen molar-refractivity contribution in [3.63, 3.8) is 0 Å². The molecule has 73 heavy (non-hydrogen) atoms.